The molecule has 0 spiro atoms. The molecule has 0 amide bonds. The molecule has 0 unspecified atom stereocenters. The van der Waals surface area contributed by atoms with Crippen LogP contribution in [-0.2, 0) is 9.47 Å². The summed E-state index contributed by atoms with van der Waals surface area (Å²) < 4.78 is 9.50. The van der Waals surface area contributed by atoms with E-state index in [1.807, 2.05) is 20.8 Å². The van der Waals surface area contributed by atoms with E-state index >= 15 is 0 Å². The Hall–Kier alpha value is -0.730. The first-order chi connectivity index (χ1) is 6.16. The summed E-state index contributed by atoms with van der Waals surface area (Å²) in [4.78, 5) is 10.7. The first-order valence-corrected chi connectivity index (χ1v) is 4.93. The van der Waals surface area contributed by atoms with E-state index in [2.05, 4.69) is 4.74 Å². The highest BCUT2D eigenvalue weighted by atomic mass is 16.7. The van der Waals surface area contributed by atoms with Crippen LogP contribution in [0.5, 0.6) is 0 Å². The predicted octanol–water partition coefficient (Wildman–Crippen LogP) is 3.13. The molecule has 78 valence electrons. The van der Waals surface area contributed by atoms with E-state index < -0.39 is 6.16 Å². The van der Waals surface area contributed by atoms with Crippen LogP contribution in [0.15, 0.2) is 0 Å². The number of carbonyl (C=O) groups is 1. The minimum atomic E-state index is -0.561. The number of carbonyl (C=O) groups excluding carboxylic acids is 1. The molecule has 0 saturated heterocycles. The van der Waals surface area contributed by atoms with Gasteiger partial charge < -0.3 is 9.47 Å². The zero-order valence-corrected chi connectivity index (χ0v) is 9.05. The van der Waals surface area contributed by atoms with Crippen molar-refractivity contribution in [2.75, 3.05) is 7.11 Å². The third kappa shape index (κ3) is 4.15. The van der Waals surface area contributed by atoms with Gasteiger partial charge in [0.15, 0.2) is 0 Å². The molecule has 1 fully saturated rings. The van der Waals surface area contributed by atoms with E-state index in [-0.39, 0.29) is 5.60 Å². The van der Waals surface area contributed by atoms with E-state index in [0.29, 0.717) is 0 Å². The van der Waals surface area contributed by atoms with Crippen LogP contribution in [0.2, 0.25) is 0 Å². The second kappa shape index (κ2) is 5.84. The number of hydrogen-bond acceptors (Lipinski definition) is 3. The zero-order valence-electron chi connectivity index (χ0n) is 9.05. The van der Waals surface area contributed by atoms with Crippen LogP contribution < -0.4 is 0 Å². The van der Waals surface area contributed by atoms with E-state index in [4.69, 9.17) is 4.74 Å². The van der Waals surface area contributed by atoms with Crippen molar-refractivity contribution in [2.24, 2.45) is 0 Å². The van der Waals surface area contributed by atoms with Crippen molar-refractivity contribution < 1.29 is 14.3 Å². The number of rotatable bonds is 1. The summed E-state index contributed by atoms with van der Waals surface area (Å²) in [6, 6.07) is 0. The third-order valence-electron chi connectivity index (χ3n) is 2.16. The first kappa shape index (κ1) is 12.3. The van der Waals surface area contributed by atoms with Crippen LogP contribution in [0.3, 0.4) is 0 Å². The standard InChI is InChI=1S/C8H14O3.C2H6/c1-8(5-3-4-6-8)11-7(9)10-2;1-2/h3-6H2,1-2H3;1-2H3. The summed E-state index contributed by atoms with van der Waals surface area (Å²) >= 11 is 0. The van der Waals surface area contributed by atoms with Crippen molar-refractivity contribution in [2.45, 2.75) is 52.1 Å². The Labute approximate surface area is 80.4 Å². The van der Waals surface area contributed by atoms with Gasteiger partial charge in [0.2, 0.25) is 0 Å². The fourth-order valence-electron chi connectivity index (χ4n) is 1.47. The van der Waals surface area contributed by atoms with Gasteiger partial charge in [-0.3, -0.25) is 0 Å². The molecule has 1 saturated carbocycles. The van der Waals surface area contributed by atoms with Gasteiger partial charge in [0.05, 0.1) is 7.11 Å². The van der Waals surface area contributed by atoms with Crippen LogP contribution in [-0.4, -0.2) is 18.9 Å². The fraction of sp³-hybridized carbons (Fsp3) is 0.900. The summed E-state index contributed by atoms with van der Waals surface area (Å²) in [7, 11) is 1.33. The molecule has 1 rings (SSSR count). The van der Waals surface area contributed by atoms with Gasteiger partial charge in [-0.05, 0) is 32.6 Å². The summed E-state index contributed by atoms with van der Waals surface area (Å²) in [5.74, 6) is 0. The molecule has 13 heavy (non-hydrogen) atoms. The molecule has 0 atom stereocenters. The van der Waals surface area contributed by atoms with E-state index in [9.17, 15) is 4.79 Å². The lowest BCUT2D eigenvalue weighted by atomic mass is 10.1. The van der Waals surface area contributed by atoms with Crippen LogP contribution in [0.1, 0.15) is 46.5 Å². The van der Waals surface area contributed by atoms with Crippen molar-refractivity contribution in [1.82, 2.24) is 0 Å². The van der Waals surface area contributed by atoms with Crippen molar-refractivity contribution in [3.63, 3.8) is 0 Å². The Balaban J connectivity index is 0.000000671. The smallest absolute Gasteiger partial charge is 0.438 e. The SMILES string of the molecule is CC.COC(=O)OC1(C)CCCC1. The van der Waals surface area contributed by atoms with Crippen molar-refractivity contribution in [3.8, 4) is 0 Å². The molecule has 1 aliphatic rings. The molecule has 0 N–H and O–H groups in total. The molecule has 0 radical (unpaired) electrons. The van der Waals surface area contributed by atoms with Gasteiger partial charge in [0, 0.05) is 0 Å². The topological polar surface area (TPSA) is 35.5 Å². The Morgan fingerprint density at radius 2 is 1.69 bits per heavy atom. The number of ether oxygens (including phenoxy) is 2. The van der Waals surface area contributed by atoms with Crippen molar-refractivity contribution in [1.29, 1.82) is 0 Å². The quantitative estimate of drug-likeness (QED) is 0.593. The molecule has 0 aromatic rings. The average Bonchev–Trinajstić information content (AvgIpc) is 2.55. The maximum absolute atomic E-state index is 10.7. The number of hydrogen-bond donors (Lipinski definition) is 0. The molecule has 0 aromatic carbocycles. The minimum Gasteiger partial charge on any atom is -0.438 e. The highest BCUT2D eigenvalue weighted by molar-refractivity contribution is 5.60. The lowest BCUT2D eigenvalue weighted by Crippen LogP contribution is -2.27. The van der Waals surface area contributed by atoms with Gasteiger partial charge in [-0.2, -0.15) is 0 Å². The average molecular weight is 188 g/mol. The molecule has 1 aliphatic carbocycles. The predicted molar refractivity (Wildman–Crippen MR) is 51.7 cm³/mol. The van der Waals surface area contributed by atoms with Crippen molar-refractivity contribution in [3.05, 3.63) is 0 Å². The fourth-order valence-corrected chi connectivity index (χ4v) is 1.47. The second-order valence-electron chi connectivity index (χ2n) is 3.21. The molecule has 0 aromatic heterocycles. The van der Waals surface area contributed by atoms with E-state index in [1.54, 1.807) is 0 Å². The summed E-state index contributed by atoms with van der Waals surface area (Å²) in [5.41, 5.74) is -0.257. The largest absolute Gasteiger partial charge is 0.508 e. The summed E-state index contributed by atoms with van der Waals surface area (Å²) in [6.45, 7) is 5.96. The molecular formula is C10H20O3. The molecular weight excluding hydrogens is 168 g/mol. The minimum absolute atomic E-state index is 0.257. The van der Waals surface area contributed by atoms with Gasteiger partial charge in [-0.15, -0.1) is 0 Å². The van der Waals surface area contributed by atoms with Crippen LogP contribution in [0, 0.1) is 0 Å². The van der Waals surface area contributed by atoms with Gasteiger partial charge in [-0.1, -0.05) is 13.8 Å². The summed E-state index contributed by atoms with van der Waals surface area (Å²) in [5, 5.41) is 0. The van der Waals surface area contributed by atoms with Crippen LogP contribution in [0.4, 0.5) is 4.79 Å². The van der Waals surface area contributed by atoms with Crippen LogP contribution >= 0.6 is 0 Å². The Morgan fingerprint density at radius 1 is 1.23 bits per heavy atom. The van der Waals surface area contributed by atoms with E-state index in [1.165, 1.54) is 7.11 Å². The summed E-state index contributed by atoms with van der Waals surface area (Å²) in [6.07, 6.45) is 3.65. The lowest BCUT2D eigenvalue weighted by molar-refractivity contribution is -0.0130. The van der Waals surface area contributed by atoms with Gasteiger partial charge in [0.25, 0.3) is 0 Å². The highest BCUT2D eigenvalue weighted by Gasteiger charge is 2.32. The van der Waals surface area contributed by atoms with Gasteiger partial charge in [-0.25, -0.2) is 4.79 Å². The van der Waals surface area contributed by atoms with Gasteiger partial charge in [0.1, 0.15) is 5.60 Å². The maximum Gasteiger partial charge on any atom is 0.508 e. The Bertz CT molecular complexity index is 148. The molecule has 3 heteroatoms. The Morgan fingerprint density at radius 3 is 2.08 bits per heavy atom. The molecule has 0 aliphatic heterocycles. The van der Waals surface area contributed by atoms with Crippen LogP contribution in [0.25, 0.3) is 0 Å². The number of methoxy groups -OCH3 is 1. The normalized spacial score (nSPS) is 18.5. The Kier molecular flexibility index (Phi) is 5.51. The maximum atomic E-state index is 10.7. The zero-order chi connectivity index (χ0) is 10.3. The third-order valence-corrected chi connectivity index (χ3v) is 2.16. The molecule has 0 bridgehead atoms. The van der Waals surface area contributed by atoms with Gasteiger partial charge >= 0.3 is 6.16 Å². The van der Waals surface area contributed by atoms with Crippen molar-refractivity contribution >= 4 is 6.16 Å². The van der Waals surface area contributed by atoms with E-state index in [0.717, 1.165) is 25.7 Å². The first-order valence-electron chi connectivity index (χ1n) is 4.93. The highest BCUT2D eigenvalue weighted by Crippen LogP contribution is 2.32. The lowest BCUT2D eigenvalue weighted by Gasteiger charge is -2.22. The molecule has 0 heterocycles. The molecule has 3 nitrogen and oxygen atoms in total. The monoisotopic (exact) mass is 188 g/mol. The second-order valence-corrected chi connectivity index (χ2v) is 3.21.